The third-order valence-corrected chi connectivity index (χ3v) is 5.21. The van der Waals surface area contributed by atoms with Gasteiger partial charge in [-0.15, -0.1) is 0 Å². The van der Waals surface area contributed by atoms with Crippen molar-refractivity contribution < 1.29 is 18.7 Å². The highest BCUT2D eigenvalue weighted by Gasteiger charge is 2.35. The summed E-state index contributed by atoms with van der Waals surface area (Å²) in [5, 5.41) is 3.05. The lowest BCUT2D eigenvalue weighted by atomic mass is 9.95. The van der Waals surface area contributed by atoms with Crippen molar-refractivity contribution in [2.45, 2.75) is 12.5 Å². The van der Waals surface area contributed by atoms with E-state index in [4.69, 9.17) is 16.3 Å². The Balaban J connectivity index is 1.67. The molecule has 0 saturated carbocycles. The molecule has 2 N–H and O–H groups in total. The molecule has 1 aliphatic heterocycles. The fraction of sp³-hybridized carbons (Fsp3) is 0.190. The smallest absolute Gasteiger partial charge is 0.337 e. The molecule has 2 aromatic carbocycles. The van der Waals surface area contributed by atoms with Crippen molar-refractivity contribution in [3.63, 3.8) is 0 Å². The van der Waals surface area contributed by atoms with Crippen LogP contribution in [0.5, 0.6) is 0 Å². The summed E-state index contributed by atoms with van der Waals surface area (Å²) >= 11 is 5.90. The Morgan fingerprint density at radius 1 is 1.30 bits per heavy atom. The topological polar surface area (TPSA) is 87.3 Å². The summed E-state index contributed by atoms with van der Waals surface area (Å²) < 4.78 is 19.5. The Hall–Kier alpha value is -3.39. The Kier molecular flexibility index (Phi) is 5.41. The average Bonchev–Trinajstić information content (AvgIpc) is 3.22. The number of methoxy groups -OCH3 is 1. The second-order valence-electron chi connectivity index (χ2n) is 6.78. The Morgan fingerprint density at radius 3 is 2.90 bits per heavy atom. The van der Waals surface area contributed by atoms with Crippen molar-refractivity contribution in [3.05, 3.63) is 82.1 Å². The Bertz CT molecular complexity index is 1120. The molecule has 0 bridgehead atoms. The van der Waals surface area contributed by atoms with Crippen LogP contribution in [0.25, 0.3) is 0 Å². The number of urea groups is 1. The molecule has 9 heteroatoms. The molecule has 1 aliphatic rings. The number of halogens is 2. The monoisotopic (exact) mass is 428 g/mol. The van der Waals surface area contributed by atoms with Crippen LogP contribution in [0.15, 0.2) is 48.8 Å². The third-order valence-electron chi connectivity index (χ3n) is 4.98. The van der Waals surface area contributed by atoms with Gasteiger partial charge in [-0.1, -0.05) is 23.7 Å². The van der Waals surface area contributed by atoms with E-state index in [0.717, 1.165) is 5.69 Å². The summed E-state index contributed by atoms with van der Waals surface area (Å²) in [6.07, 6.45) is 2.09. The molecule has 0 aliphatic carbocycles. The number of nitrogens with one attached hydrogen (secondary N) is 2. The molecule has 30 heavy (non-hydrogen) atoms. The minimum absolute atomic E-state index is 0.268. The predicted octanol–water partition coefficient (Wildman–Crippen LogP) is 4.17. The summed E-state index contributed by atoms with van der Waals surface area (Å²) in [6.45, 7) is 0.352. The number of imidazole rings is 1. The van der Waals surface area contributed by atoms with Gasteiger partial charge in [-0.2, -0.15) is 0 Å². The predicted molar refractivity (Wildman–Crippen MR) is 109 cm³/mol. The number of nitrogens with zero attached hydrogens (tertiary/aromatic N) is 2. The number of esters is 1. The Labute approximate surface area is 176 Å². The molecular weight excluding hydrogens is 411 g/mol. The number of fused-ring (bicyclic) bond motifs is 1. The summed E-state index contributed by atoms with van der Waals surface area (Å²) in [6, 6.07) is 9.60. The van der Waals surface area contributed by atoms with Crippen LogP contribution in [-0.4, -0.2) is 40.5 Å². The number of anilines is 1. The second kappa shape index (κ2) is 8.16. The van der Waals surface area contributed by atoms with E-state index in [1.165, 1.54) is 30.5 Å². The second-order valence-corrected chi connectivity index (χ2v) is 7.22. The zero-order chi connectivity index (χ0) is 21.3. The lowest BCUT2D eigenvalue weighted by molar-refractivity contribution is 0.0600. The molecule has 1 atom stereocenters. The largest absolute Gasteiger partial charge is 0.465 e. The quantitative estimate of drug-likeness (QED) is 0.613. The maximum Gasteiger partial charge on any atom is 0.337 e. The molecule has 154 valence electrons. The summed E-state index contributed by atoms with van der Waals surface area (Å²) in [7, 11) is 1.29. The highest BCUT2D eigenvalue weighted by Crippen LogP contribution is 2.35. The maximum atomic E-state index is 14.7. The summed E-state index contributed by atoms with van der Waals surface area (Å²) in [5.74, 6) is -1.03. The molecule has 4 rings (SSSR count). The molecule has 3 aromatic rings. The minimum Gasteiger partial charge on any atom is -0.465 e. The number of amides is 2. The minimum atomic E-state index is -0.721. The van der Waals surface area contributed by atoms with Crippen molar-refractivity contribution in [1.29, 1.82) is 0 Å². The highest BCUT2D eigenvalue weighted by molar-refractivity contribution is 6.30. The number of carbonyl (C=O) groups excluding carboxylic acids is 2. The van der Waals surface area contributed by atoms with Gasteiger partial charge in [-0.3, -0.25) is 0 Å². The SMILES string of the molecule is COC(=O)c1cccc(NC(=O)N2CCc3[nH]cnc3C2c2ccc(Cl)cc2F)c1. The number of rotatable bonds is 3. The number of ether oxygens (including phenoxy) is 1. The lowest BCUT2D eigenvalue weighted by Gasteiger charge is -2.35. The van der Waals surface area contributed by atoms with Gasteiger partial charge in [0.15, 0.2) is 0 Å². The normalized spacial score (nSPS) is 15.4. The van der Waals surface area contributed by atoms with Crippen LogP contribution in [0, 0.1) is 5.82 Å². The van der Waals surface area contributed by atoms with Gasteiger partial charge in [0.05, 0.1) is 24.7 Å². The van der Waals surface area contributed by atoms with Crippen molar-refractivity contribution >= 4 is 29.3 Å². The van der Waals surface area contributed by atoms with Gasteiger partial charge in [-0.05, 0) is 30.3 Å². The molecule has 0 spiro atoms. The van der Waals surface area contributed by atoms with E-state index in [1.807, 2.05) is 0 Å². The van der Waals surface area contributed by atoms with Crippen molar-refractivity contribution in [2.24, 2.45) is 0 Å². The van der Waals surface area contributed by atoms with Gasteiger partial charge in [0, 0.05) is 34.9 Å². The molecule has 1 aromatic heterocycles. The van der Waals surface area contributed by atoms with Gasteiger partial charge in [-0.25, -0.2) is 19.0 Å². The first-order chi connectivity index (χ1) is 14.5. The molecule has 0 saturated heterocycles. The zero-order valence-electron chi connectivity index (χ0n) is 16.0. The van der Waals surface area contributed by atoms with E-state index < -0.39 is 23.9 Å². The third kappa shape index (κ3) is 3.73. The van der Waals surface area contributed by atoms with Gasteiger partial charge in [0.25, 0.3) is 0 Å². The number of carbonyl (C=O) groups is 2. The average molecular weight is 429 g/mol. The van der Waals surface area contributed by atoms with Gasteiger partial charge < -0.3 is 19.9 Å². The Morgan fingerprint density at radius 2 is 2.13 bits per heavy atom. The summed E-state index contributed by atoms with van der Waals surface area (Å²) in [4.78, 5) is 33.8. The van der Waals surface area contributed by atoms with Crippen LogP contribution in [0.4, 0.5) is 14.9 Å². The van der Waals surface area contributed by atoms with Gasteiger partial charge in [0.2, 0.25) is 0 Å². The molecule has 0 fully saturated rings. The number of aromatic nitrogens is 2. The fourth-order valence-corrected chi connectivity index (χ4v) is 3.73. The van der Waals surface area contributed by atoms with E-state index in [2.05, 4.69) is 15.3 Å². The number of hydrogen-bond acceptors (Lipinski definition) is 4. The van der Waals surface area contributed by atoms with Crippen LogP contribution in [-0.2, 0) is 11.2 Å². The molecular formula is C21H18ClFN4O3. The standard InChI is InChI=1S/C21H18ClFN4O3/c1-30-20(28)12-3-2-4-14(9-12)26-21(29)27-8-7-17-18(25-11-24-17)19(27)15-6-5-13(22)10-16(15)23/h2-6,9-11,19H,7-8H2,1H3,(H,24,25)(H,26,29). The van der Waals surface area contributed by atoms with E-state index in [9.17, 15) is 14.0 Å². The van der Waals surface area contributed by atoms with Crippen LogP contribution in [0.1, 0.15) is 33.4 Å². The van der Waals surface area contributed by atoms with Crippen molar-refractivity contribution in [2.75, 3.05) is 19.0 Å². The van der Waals surface area contributed by atoms with Crippen LogP contribution >= 0.6 is 11.6 Å². The molecule has 0 radical (unpaired) electrons. The lowest BCUT2D eigenvalue weighted by Crippen LogP contribution is -2.43. The van der Waals surface area contributed by atoms with Crippen LogP contribution < -0.4 is 5.32 Å². The molecule has 2 amide bonds. The van der Waals surface area contributed by atoms with E-state index in [-0.39, 0.29) is 5.02 Å². The molecule has 1 unspecified atom stereocenters. The first kappa shape index (κ1) is 19.9. The molecule has 7 nitrogen and oxygen atoms in total. The first-order valence-electron chi connectivity index (χ1n) is 9.21. The number of H-pyrrole nitrogens is 1. The first-order valence-corrected chi connectivity index (χ1v) is 9.59. The zero-order valence-corrected chi connectivity index (χ0v) is 16.7. The maximum absolute atomic E-state index is 14.7. The van der Waals surface area contributed by atoms with E-state index in [1.54, 1.807) is 30.3 Å². The van der Waals surface area contributed by atoms with E-state index >= 15 is 0 Å². The number of benzene rings is 2. The van der Waals surface area contributed by atoms with Gasteiger partial charge in [0.1, 0.15) is 11.9 Å². The van der Waals surface area contributed by atoms with Crippen molar-refractivity contribution in [1.82, 2.24) is 14.9 Å². The van der Waals surface area contributed by atoms with Crippen LogP contribution in [0.3, 0.4) is 0 Å². The number of hydrogen-bond donors (Lipinski definition) is 2. The summed E-state index contributed by atoms with van der Waals surface area (Å²) in [5.41, 5.74) is 2.47. The van der Waals surface area contributed by atoms with Gasteiger partial charge >= 0.3 is 12.0 Å². The molecule has 2 heterocycles. The van der Waals surface area contributed by atoms with E-state index in [0.29, 0.717) is 35.5 Å². The number of aromatic amines is 1. The van der Waals surface area contributed by atoms with Crippen LogP contribution in [0.2, 0.25) is 5.02 Å². The van der Waals surface area contributed by atoms with Crippen molar-refractivity contribution in [3.8, 4) is 0 Å². The highest BCUT2D eigenvalue weighted by atomic mass is 35.5. The fourth-order valence-electron chi connectivity index (χ4n) is 3.57.